The Kier molecular flexibility index (Phi) is 2.19. The summed E-state index contributed by atoms with van der Waals surface area (Å²) < 4.78 is 0. The number of aromatic hydroxyl groups is 1. The molecule has 2 rings (SSSR count). The summed E-state index contributed by atoms with van der Waals surface area (Å²) in [6, 6.07) is 11.1. The Morgan fingerprint density at radius 1 is 1.14 bits per heavy atom. The zero-order valence-corrected chi connectivity index (χ0v) is 7.94. The highest BCUT2D eigenvalue weighted by Gasteiger charge is 2.04. The monoisotopic (exact) mass is 185 g/mol. The van der Waals surface area contributed by atoms with E-state index in [4.69, 9.17) is 0 Å². The molecule has 0 unspecified atom stereocenters. The maximum Gasteiger partial charge on any atom is 0.124 e. The SMILES string of the molecule is Cc1ccc(O)c(-c2ccccn2)c1. The summed E-state index contributed by atoms with van der Waals surface area (Å²) in [7, 11) is 0. The predicted octanol–water partition coefficient (Wildman–Crippen LogP) is 2.76. The van der Waals surface area contributed by atoms with E-state index in [9.17, 15) is 5.11 Å². The topological polar surface area (TPSA) is 33.1 Å². The molecule has 0 spiro atoms. The minimum Gasteiger partial charge on any atom is -0.507 e. The van der Waals surface area contributed by atoms with Crippen molar-refractivity contribution in [1.82, 2.24) is 4.98 Å². The van der Waals surface area contributed by atoms with E-state index in [1.165, 1.54) is 0 Å². The van der Waals surface area contributed by atoms with Crippen LogP contribution in [-0.2, 0) is 0 Å². The normalized spacial score (nSPS) is 10.1. The summed E-state index contributed by atoms with van der Waals surface area (Å²) in [6.45, 7) is 1.99. The van der Waals surface area contributed by atoms with Gasteiger partial charge in [0.25, 0.3) is 0 Å². The second kappa shape index (κ2) is 3.50. The number of aryl methyl sites for hydroxylation is 1. The van der Waals surface area contributed by atoms with Crippen molar-refractivity contribution in [2.45, 2.75) is 6.92 Å². The Morgan fingerprint density at radius 2 is 2.00 bits per heavy atom. The van der Waals surface area contributed by atoms with Crippen molar-refractivity contribution in [2.24, 2.45) is 0 Å². The molecule has 0 aliphatic heterocycles. The summed E-state index contributed by atoms with van der Waals surface area (Å²) in [5, 5.41) is 9.65. The number of rotatable bonds is 1. The van der Waals surface area contributed by atoms with E-state index in [-0.39, 0.29) is 5.75 Å². The molecule has 0 fully saturated rings. The first kappa shape index (κ1) is 8.75. The molecule has 0 atom stereocenters. The lowest BCUT2D eigenvalue weighted by Crippen LogP contribution is -1.83. The summed E-state index contributed by atoms with van der Waals surface area (Å²) in [4.78, 5) is 4.19. The van der Waals surface area contributed by atoms with Crippen molar-refractivity contribution >= 4 is 0 Å². The number of nitrogens with zero attached hydrogens (tertiary/aromatic N) is 1. The summed E-state index contributed by atoms with van der Waals surface area (Å²) >= 11 is 0. The molecular formula is C12H11NO. The molecule has 0 saturated carbocycles. The van der Waals surface area contributed by atoms with Gasteiger partial charge in [-0.1, -0.05) is 17.7 Å². The summed E-state index contributed by atoms with van der Waals surface area (Å²) in [5.74, 6) is 0.273. The Balaban J connectivity index is 2.57. The van der Waals surface area contributed by atoms with Crippen LogP contribution in [0.3, 0.4) is 0 Å². The van der Waals surface area contributed by atoms with Gasteiger partial charge in [0.05, 0.1) is 5.69 Å². The Morgan fingerprint density at radius 3 is 2.71 bits per heavy atom. The molecule has 0 saturated heterocycles. The number of phenolic OH excluding ortho intramolecular Hbond substituents is 1. The smallest absolute Gasteiger partial charge is 0.124 e. The highest BCUT2D eigenvalue weighted by Crippen LogP contribution is 2.27. The van der Waals surface area contributed by atoms with Gasteiger partial charge in [-0.2, -0.15) is 0 Å². The fraction of sp³-hybridized carbons (Fsp3) is 0.0833. The van der Waals surface area contributed by atoms with Crippen LogP contribution in [0.4, 0.5) is 0 Å². The van der Waals surface area contributed by atoms with Gasteiger partial charge in [0.2, 0.25) is 0 Å². The zero-order valence-electron chi connectivity index (χ0n) is 7.94. The maximum atomic E-state index is 9.65. The van der Waals surface area contributed by atoms with E-state index in [0.29, 0.717) is 0 Å². The lowest BCUT2D eigenvalue weighted by atomic mass is 10.1. The van der Waals surface area contributed by atoms with Gasteiger partial charge >= 0.3 is 0 Å². The highest BCUT2D eigenvalue weighted by atomic mass is 16.3. The number of hydrogen-bond donors (Lipinski definition) is 1. The second-order valence-corrected chi connectivity index (χ2v) is 3.24. The molecule has 70 valence electrons. The van der Waals surface area contributed by atoms with Crippen molar-refractivity contribution in [3.05, 3.63) is 48.2 Å². The van der Waals surface area contributed by atoms with Gasteiger partial charge in [-0.3, -0.25) is 4.98 Å². The van der Waals surface area contributed by atoms with E-state index < -0.39 is 0 Å². The van der Waals surface area contributed by atoms with Crippen LogP contribution in [0.2, 0.25) is 0 Å². The van der Waals surface area contributed by atoms with Crippen LogP contribution in [0.5, 0.6) is 5.75 Å². The number of phenols is 1. The molecule has 0 bridgehead atoms. The van der Waals surface area contributed by atoms with E-state index in [2.05, 4.69) is 4.98 Å². The maximum absolute atomic E-state index is 9.65. The number of pyridine rings is 1. The molecule has 0 amide bonds. The van der Waals surface area contributed by atoms with Crippen molar-refractivity contribution < 1.29 is 5.11 Å². The van der Waals surface area contributed by atoms with Crippen LogP contribution in [0.15, 0.2) is 42.6 Å². The molecule has 1 aromatic carbocycles. The summed E-state index contributed by atoms with van der Waals surface area (Å²) in [5.41, 5.74) is 2.70. The fourth-order valence-electron chi connectivity index (χ4n) is 1.38. The van der Waals surface area contributed by atoms with Gasteiger partial charge in [0.1, 0.15) is 5.75 Å². The third-order valence-corrected chi connectivity index (χ3v) is 2.09. The number of benzene rings is 1. The molecule has 2 nitrogen and oxygen atoms in total. The van der Waals surface area contributed by atoms with Crippen LogP contribution in [0.25, 0.3) is 11.3 Å². The number of hydrogen-bond acceptors (Lipinski definition) is 2. The molecule has 1 aromatic heterocycles. The Hall–Kier alpha value is -1.83. The first-order valence-corrected chi connectivity index (χ1v) is 4.48. The average Bonchev–Trinajstić information content (AvgIpc) is 2.23. The standard InChI is InChI=1S/C12H11NO/c1-9-5-6-12(14)10(8-9)11-4-2-3-7-13-11/h2-8,14H,1H3. The van der Waals surface area contributed by atoms with E-state index >= 15 is 0 Å². The molecule has 0 radical (unpaired) electrons. The highest BCUT2D eigenvalue weighted by molar-refractivity contribution is 5.67. The van der Waals surface area contributed by atoms with Gasteiger partial charge in [0.15, 0.2) is 0 Å². The van der Waals surface area contributed by atoms with Gasteiger partial charge < -0.3 is 5.11 Å². The lowest BCUT2D eigenvalue weighted by molar-refractivity contribution is 0.477. The van der Waals surface area contributed by atoms with Crippen molar-refractivity contribution in [2.75, 3.05) is 0 Å². The van der Waals surface area contributed by atoms with Crippen LogP contribution < -0.4 is 0 Å². The zero-order chi connectivity index (χ0) is 9.97. The van der Waals surface area contributed by atoms with E-state index in [1.54, 1.807) is 12.3 Å². The first-order chi connectivity index (χ1) is 6.77. The average molecular weight is 185 g/mol. The minimum atomic E-state index is 0.273. The Labute approximate surface area is 82.9 Å². The van der Waals surface area contributed by atoms with Crippen LogP contribution >= 0.6 is 0 Å². The summed E-state index contributed by atoms with van der Waals surface area (Å²) in [6.07, 6.45) is 1.72. The molecule has 0 aliphatic rings. The van der Waals surface area contributed by atoms with Gasteiger partial charge in [-0.05, 0) is 31.2 Å². The lowest BCUT2D eigenvalue weighted by Gasteiger charge is -2.04. The van der Waals surface area contributed by atoms with Crippen LogP contribution in [0, 0.1) is 6.92 Å². The van der Waals surface area contributed by atoms with Gasteiger partial charge in [-0.25, -0.2) is 0 Å². The van der Waals surface area contributed by atoms with E-state index in [0.717, 1.165) is 16.8 Å². The second-order valence-electron chi connectivity index (χ2n) is 3.24. The third-order valence-electron chi connectivity index (χ3n) is 2.09. The van der Waals surface area contributed by atoms with Crippen molar-refractivity contribution in [3.8, 4) is 17.0 Å². The molecule has 2 heteroatoms. The molecule has 0 aliphatic carbocycles. The van der Waals surface area contributed by atoms with Crippen LogP contribution in [-0.4, -0.2) is 10.1 Å². The van der Waals surface area contributed by atoms with Crippen LogP contribution in [0.1, 0.15) is 5.56 Å². The van der Waals surface area contributed by atoms with Crippen molar-refractivity contribution in [1.29, 1.82) is 0 Å². The third kappa shape index (κ3) is 1.59. The van der Waals surface area contributed by atoms with E-state index in [1.807, 2.05) is 37.3 Å². The molecule has 14 heavy (non-hydrogen) atoms. The number of aromatic nitrogens is 1. The van der Waals surface area contributed by atoms with Gasteiger partial charge in [-0.15, -0.1) is 0 Å². The molecule has 2 aromatic rings. The first-order valence-electron chi connectivity index (χ1n) is 4.48. The molecular weight excluding hydrogens is 174 g/mol. The molecule has 1 heterocycles. The minimum absolute atomic E-state index is 0.273. The molecule has 1 N–H and O–H groups in total. The van der Waals surface area contributed by atoms with Crippen molar-refractivity contribution in [3.63, 3.8) is 0 Å². The van der Waals surface area contributed by atoms with Gasteiger partial charge in [0, 0.05) is 11.8 Å². The predicted molar refractivity (Wildman–Crippen MR) is 56.1 cm³/mol. The Bertz CT molecular complexity index is 437. The largest absolute Gasteiger partial charge is 0.507 e. The quantitative estimate of drug-likeness (QED) is 0.741. The fourth-order valence-corrected chi connectivity index (χ4v) is 1.38.